The topological polar surface area (TPSA) is 82.8 Å². The molecule has 3 aromatic rings. The third-order valence-corrected chi connectivity index (χ3v) is 6.14. The number of rotatable bonds is 6. The number of aliphatic carboxylic acids is 1. The summed E-state index contributed by atoms with van der Waals surface area (Å²) in [5.41, 5.74) is 0.843. The van der Waals surface area contributed by atoms with Crippen molar-refractivity contribution in [3.8, 4) is 0 Å². The van der Waals surface area contributed by atoms with E-state index in [4.69, 9.17) is 4.98 Å². The van der Waals surface area contributed by atoms with Gasteiger partial charge in [-0.2, -0.15) is 5.10 Å². The second-order valence-corrected chi connectivity index (χ2v) is 8.07. The molecule has 1 atom stereocenters. The summed E-state index contributed by atoms with van der Waals surface area (Å²) in [5.74, 6) is -1.03. The van der Waals surface area contributed by atoms with Gasteiger partial charge in [-0.05, 0) is 49.9 Å². The Hall–Kier alpha value is -3.23. The lowest BCUT2D eigenvalue weighted by Crippen LogP contribution is -2.25. The van der Waals surface area contributed by atoms with Crippen LogP contribution in [0.4, 0.5) is 20.3 Å². The van der Waals surface area contributed by atoms with E-state index in [9.17, 15) is 18.7 Å². The molecule has 2 aromatic heterocycles. The third-order valence-electron chi connectivity index (χ3n) is 6.14. The second-order valence-electron chi connectivity index (χ2n) is 8.07. The molecule has 156 valence electrons. The molecule has 3 heterocycles. The number of benzene rings is 1. The molecule has 0 radical (unpaired) electrons. The number of carboxylic acid groups (broad SMARTS) is 1. The SMILES string of the molecule is O=C(O)C1(CNc2cnn3ccc(N4CCC[C@@H]4c4cc(F)ccc4F)nc23)CC1. The van der Waals surface area contributed by atoms with Crippen LogP contribution < -0.4 is 10.2 Å². The summed E-state index contributed by atoms with van der Waals surface area (Å²) in [5, 5.41) is 16.8. The first-order valence-corrected chi connectivity index (χ1v) is 10.0. The maximum Gasteiger partial charge on any atom is 0.311 e. The van der Waals surface area contributed by atoms with Crippen molar-refractivity contribution in [1.29, 1.82) is 0 Å². The van der Waals surface area contributed by atoms with E-state index in [1.807, 2.05) is 4.90 Å². The Bertz CT molecular complexity index is 1130. The molecule has 0 bridgehead atoms. The highest BCUT2D eigenvalue weighted by atomic mass is 19.1. The van der Waals surface area contributed by atoms with Crippen LogP contribution in [0.15, 0.2) is 36.7 Å². The first-order valence-electron chi connectivity index (χ1n) is 10.0. The van der Waals surface area contributed by atoms with Gasteiger partial charge in [0.1, 0.15) is 17.5 Å². The fourth-order valence-corrected chi connectivity index (χ4v) is 4.16. The Kier molecular flexibility index (Phi) is 4.34. The van der Waals surface area contributed by atoms with Crippen LogP contribution >= 0.6 is 0 Å². The fraction of sp³-hybridized carbons (Fsp3) is 0.381. The van der Waals surface area contributed by atoms with Crippen molar-refractivity contribution in [1.82, 2.24) is 14.6 Å². The van der Waals surface area contributed by atoms with Crippen molar-refractivity contribution < 1.29 is 18.7 Å². The molecule has 2 N–H and O–H groups in total. The first-order chi connectivity index (χ1) is 14.5. The van der Waals surface area contributed by atoms with Crippen LogP contribution in [0.5, 0.6) is 0 Å². The number of halogens is 2. The molecular weight excluding hydrogens is 392 g/mol. The minimum atomic E-state index is -0.794. The van der Waals surface area contributed by atoms with Gasteiger partial charge in [0.2, 0.25) is 0 Å². The number of hydrogen-bond acceptors (Lipinski definition) is 5. The number of nitrogens with zero attached hydrogens (tertiary/aromatic N) is 4. The number of fused-ring (bicyclic) bond motifs is 1. The van der Waals surface area contributed by atoms with Gasteiger partial charge >= 0.3 is 5.97 Å². The quantitative estimate of drug-likeness (QED) is 0.642. The smallest absolute Gasteiger partial charge is 0.311 e. The molecule has 9 heteroatoms. The summed E-state index contributed by atoms with van der Waals surface area (Å²) in [4.78, 5) is 18.1. The summed E-state index contributed by atoms with van der Waals surface area (Å²) in [6, 6.07) is 5.04. The van der Waals surface area contributed by atoms with Crippen LogP contribution in [0.2, 0.25) is 0 Å². The van der Waals surface area contributed by atoms with Crippen molar-refractivity contribution >= 4 is 23.1 Å². The van der Waals surface area contributed by atoms with Crippen molar-refractivity contribution in [2.24, 2.45) is 5.41 Å². The predicted octanol–water partition coefficient (Wildman–Crippen LogP) is 3.63. The number of nitrogens with one attached hydrogen (secondary N) is 1. The minimum Gasteiger partial charge on any atom is -0.481 e. The molecule has 1 saturated carbocycles. The lowest BCUT2D eigenvalue weighted by atomic mass is 10.0. The minimum absolute atomic E-state index is 0.295. The van der Waals surface area contributed by atoms with Gasteiger partial charge in [-0.15, -0.1) is 0 Å². The van der Waals surface area contributed by atoms with Gasteiger partial charge in [0.05, 0.1) is 23.3 Å². The van der Waals surface area contributed by atoms with E-state index < -0.39 is 23.0 Å². The largest absolute Gasteiger partial charge is 0.481 e. The third kappa shape index (κ3) is 3.14. The zero-order chi connectivity index (χ0) is 20.9. The molecular formula is C21H21F2N5O2. The zero-order valence-corrected chi connectivity index (χ0v) is 16.2. The summed E-state index contributed by atoms with van der Waals surface area (Å²) in [6.07, 6.45) is 6.25. The van der Waals surface area contributed by atoms with E-state index >= 15 is 0 Å². The first kappa shape index (κ1) is 18.8. The maximum atomic E-state index is 14.4. The lowest BCUT2D eigenvalue weighted by molar-refractivity contribution is -0.142. The van der Waals surface area contributed by atoms with Crippen molar-refractivity contribution in [3.05, 3.63) is 53.9 Å². The van der Waals surface area contributed by atoms with Gasteiger partial charge in [0, 0.05) is 24.8 Å². The summed E-state index contributed by atoms with van der Waals surface area (Å²) in [6.45, 7) is 0.999. The molecule has 0 spiro atoms. The molecule has 5 rings (SSSR count). The van der Waals surface area contributed by atoms with Gasteiger partial charge in [-0.3, -0.25) is 4.79 Å². The summed E-state index contributed by atoms with van der Waals surface area (Å²) in [7, 11) is 0. The Morgan fingerprint density at radius 2 is 2.13 bits per heavy atom. The fourth-order valence-electron chi connectivity index (χ4n) is 4.16. The second kappa shape index (κ2) is 6.93. The van der Waals surface area contributed by atoms with E-state index in [2.05, 4.69) is 10.4 Å². The average Bonchev–Trinajstić information content (AvgIpc) is 3.19. The Balaban J connectivity index is 1.44. The predicted molar refractivity (Wildman–Crippen MR) is 106 cm³/mol. The van der Waals surface area contributed by atoms with Crippen LogP contribution in [-0.2, 0) is 4.79 Å². The van der Waals surface area contributed by atoms with Crippen molar-refractivity contribution in [3.63, 3.8) is 0 Å². The molecule has 1 aromatic carbocycles. The molecule has 2 aliphatic rings. The van der Waals surface area contributed by atoms with Crippen LogP contribution in [-0.4, -0.2) is 38.8 Å². The van der Waals surface area contributed by atoms with E-state index in [1.165, 1.54) is 6.07 Å². The highest BCUT2D eigenvalue weighted by molar-refractivity contribution is 5.79. The molecule has 1 aliphatic carbocycles. The monoisotopic (exact) mass is 413 g/mol. The number of carbonyl (C=O) groups is 1. The van der Waals surface area contributed by atoms with E-state index in [0.29, 0.717) is 55.1 Å². The summed E-state index contributed by atoms with van der Waals surface area (Å²) < 4.78 is 29.7. The highest BCUT2D eigenvalue weighted by Gasteiger charge is 2.50. The molecule has 2 fully saturated rings. The van der Waals surface area contributed by atoms with E-state index in [0.717, 1.165) is 18.6 Å². The van der Waals surface area contributed by atoms with Gasteiger partial charge in [-0.1, -0.05) is 0 Å². The van der Waals surface area contributed by atoms with Gasteiger partial charge in [0.25, 0.3) is 0 Å². The number of hydrogen-bond donors (Lipinski definition) is 2. The van der Waals surface area contributed by atoms with Gasteiger partial charge < -0.3 is 15.3 Å². The molecule has 1 saturated heterocycles. The zero-order valence-electron chi connectivity index (χ0n) is 16.2. The number of aromatic nitrogens is 3. The van der Waals surface area contributed by atoms with E-state index in [-0.39, 0.29) is 6.04 Å². The van der Waals surface area contributed by atoms with Crippen LogP contribution in [0.1, 0.15) is 37.3 Å². The molecule has 1 aliphatic heterocycles. The Labute approximate surface area is 171 Å². The van der Waals surface area contributed by atoms with Crippen LogP contribution in [0, 0.1) is 17.0 Å². The van der Waals surface area contributed by atoms with Crippen molar-refractivity contribution in [2.45, 2.75) is 31.7 Å². The lowest BCUT2D eigenvalue weighted by Gasteiger charge is -2.26. The van der Waals surface area contributed by atoms with Crippen molar-refractivity contribution in [2.75, 3.05) is 23.3 Å². The van der Waals surface area contributed by atoms with E-state index in [1.54, 1.807) is 23.0 Å². The molecule has 0 amide bonds. The molecule has 30 heavy (non-hydrogen) atoms. The average molecular weight is 413 g/mol. The van der Waals surface area contributed by atoms with Crippen LogP contribution in [0.3, 0.4) is 0 Å². The number of carboxylic acids is 1. The highest BCUT2D eigenvalue weighted by Crippen LogP contribution is 2.46. The Morgan fingerprint density at radius 1 is 1.30 bits per heavy atom. The maximum absolute atomic E-state index is 14.4. The van der Waals surface area contributed by atoms with Gasteiger partial charge in [0.15, 0.2) is 5.65 Å². The van der Waals surface area contributed by atoms with Crippen LogP contribution in [0.25, 0.3) is 5.65 Å². The summed E-state index contributed by atoms with van der Waals surface area (Å²) >= 11 is 0. The molecule has 7 nitrogen and oxygen atoms in total. The number of anilines is 2. The van der Waals surface area contributed by atoms with Gasteiger partial charge in [-0.25, -0.2) is 18.3 Å². The Morgan fingerprint density at radius 3 is 2.90 bits per heavy atom. The standard InChI is InChI=1S/C21H21F2N5O2/c22-13-3-4-15(23)14(10-13)17-2-1-8-27(17)18-5-9-28-19(26-18)16(11-25-28)24-12-21(6-7-21)20(29)30/h3-5,9-11,17,24H,1-2,6-8,12H2,(H,29,30)/t17-/m1/s1. The molecule has 0 unspecified atom stereocenters. The normalized spacial score (nSPS) is 19.9.